The van der Waals surface area contributed by atoms with Gasteiger partial charge in [-0.15, -0.1) is 0 Å². The third-order valence-electron chi connectivity index (χ3n) is 3.79. The summed E-state index contributed by atoms with van der Waals surface area (Å²) in [7, 11) is 1.96. The second-order valence-electron chi connectivity index (χ2n) is 5.07. The SMILES string of the molecule is CCc1nn(C)c(CC(NN)C2CCCCS2)c1Cl. The van der Waals surface area contributed by atoms with Gasteiger partial charge >= 0.3 is 0 Å². The molecule has 2 atom stereocenters. The van der Waals surface area contributed by atoms with Crippen molar-refractivity contribution in [3.05, 3.63) is 16.4 Å². The third-order valence-corrected chi connectivity index (χ3v) is 5.75. The van der Waals surface area contributed by atoms with Crippen LogP contribution in [0, 0.1) is 0 Å². The van der Waals surface area contributed by atoms with E-state index in [9.17, 15) is 0 Å². The summed E-state index contributed by atoms with van der Waals surface area (Å²) in [5, 5.41) is 5.86. The topological polar surface area (TPSA) is 55.9 Å². The summed E-state index contributed by atoms with van der Waals surface area (Å²) in [6, 6.07) is 0.267. The Morgan fingerprint density at radius 1 is 1.58 bits per heavy atom. The molecule has 2 unspecified atom stereocenters. The number of aryl methyl sites for hydroxylation is 2. The van der Waals surface area contributed by atoms with Gasteiger partial charge in [0.2, 0.25) is 0 Å². The van der Waals surface area contributed by atoms with Gasteiger partial charge in [-0.05, 0) is 25.0 Å². The number of hydrogen-bond acceptors (Lipinski definition) is 4. The van der Waals surface area contributed by atoms with E-state index in [0.717, 1.165) is 29.3 Å². The van der Waals surface area contributed by atoms with Gasteiger partial charge in [-0.25, -0.2) is 0 Å². The number of aromatic nitrogens is 2. The molecule has 1 aliphatic rings. The monoisotopic (exact) mass is 302 g/mol. The van der Waals surface area contributed by atoms with Crippen molar-refractivity contribution in [3.63, 3.8) is 0 Å². The quantitative estimate of drug-likeness (QED) is 0.647. The number of nitrogens with zero attached hydrogens (tertiary/aromatic N) is 2. The Morgan fingerprint density at radius 2 is 2.37 bits per heavy atom. The molecule has 19 heavy (non-hydrogen) atoms. The molecule has 0 aromatic carbocycles. The van der Waals surface area contributed by atoms with Crippen LogP contribution in [0.4, 0.5) is 0 Å². The van der Waals surface area contributed by atoms with E-state index in [0.29, 0.717) is 5.25 Å². The van der Waals surface area contributed by atoms with E-state index in [-0.39, 0.29) is 6.04 Å². The van der Waals surface area contributed by atoms with Crippen LogP contribution in [0.3, 0.4) is 0 Å². The molecule has 108 valence electrons. The molecule has 1 aromatic rings. The molecule has 0 amide bonds. The van der Waals surface area contributed by atoms with Crippen LogP contribution in [-0.4, -0.2) is 26.8 Å². The molecule has 1 aromatic heterocycles. The van der Waals surface area contributed by atoms with Crippen LogP contribution in [0.2, 0.25) is 5.02 Å². The molecule has 2 heterocycles. The minimum atomic E-state index is 0.267. The van der Waals surface area contributed by atoms with Crippen LogP contribution in [0.15, 0.2) is 0 Å². The van der Waals surface area contributed by atoms with Crippen molar-refractivity contribution in [1.82, 2.24) is 15.2 Å². The molecule has 1 saturated heterocycles. The van der Waals surface area contributed by atoms with Gasteiger partial charge in [0, 0.05) is 24.8 Å². The van der Waals surface area contributed by atoms with Crippen LogP contribution in [0.25, 0.3) is 0 Å². The normalized spacial score (nSPS) is 21.6. The predicted molar refractivity (Wildman–Crippen MR) is 82.5 cm³/mol. The molecule has 0 aliphatic carbocycles. The molecule has 2 rings (SSSR count). The zero-order valence-corrected chi connectivity index (χ0v) is 13.2. The average Bonchev–Trinajstić information content (AvgIpc) is 2.72. The molecule has 0 bridgehead atoms. The lowest BCUT2D eigenvalue weighted by atomic mass is 10.0. The Balaban J connectivity index is 2.11. The zero-order valence-electron chi connectivity index (χ0n) is 11.7. The smallest absolute Gasteiger partial charge is 0.0850 e. The summed E-state index contributed by atoms with van der Waals surface area (Å²) in [6.45, 7) is 2.08. The molecular formula is C13H23ClN4S. The van der Waals surface area contributed by atoms with Crippen molar-refractivity contribution in [2.24, 2.45) is 12.9 Å². The fourth-order valence-electron chi connectivity index (χ4n) is 2.63. The second kappa shape index (κ2) is 6.97. The van der Waals surface area contributed by atoms with Gasteiger partial charge in [-0.2, -0.15) is 16.9 Å². The molecule has 1 fully saturated rings. The fraction of sp³-hybridized carbons (Fsp3) is 0.769. The first kappa shape index (κ1) is 15.2. The van der Waals surface area contributed by atoms with E-state index >= 15 is 0 Å². The lowest BCUT2D eigenvalue weighted by Gasteiger charge is -2.29. The van der Waals surface area contributed by atoms with Gasteiger partial charge in [-0.3, -0.25) is 16.0 Å². The molecule has 0 saturated carbocycles. The predicted octanol–water partition coefficient (Wildman–Crippen LogP) is 2.30. The highest BCUT2D eigenvalue weighted by Gasteiger charge is 2.26. The molecule has 4 nitrogen and oxygen atoms in total. The summed E-state index contributed by atoms with van der Waals surface area (Å²) < 4.78 is 1.90. The second-order valence-corrected chi connectivity index (χ2v) is 6.79. The van der Waals surface area contributed by atoms with Gasteiger partial charge in [-0.1, -0.05) is 24.9 Å². The van der Waals surface area contributed by atoms with Crippen molar-refractivity contribution in [2.45, 2.75) is 50.3 Å². The van der Waals surface area contributed by atoms with Gasteiger partial charge < -0.3 is 0 Å². The van der Waals surface area contributed by atoms with E-state index < -0.39 is 0 Å². The summed E-state index contributed by atoms with van der Waals surface area (Å²) in [4.78, 5) is 0. The number of thioether (sulfide) groups is 1. The van der Waals surface area contributed by atoms with Crippen LogP contribution < -0.4 is 11.3 Å². The van der Waals surface area contributed by atoms with Gasteiger partial charge in [0.1, 0.15) is 0 Å². The Labute approximate surface area is 124 Å². The van der Waals surface area contributed by atoms with Gasteiger partial charge in [0.15, 0.2) is 0 Å². The first-order valence-electron chi connectivity index (χ1n) is 6.95. The summed E-state index contributed by atoms with van der Waals surface area (Å²) in [5.41, 5.74) is 5.05. The zero-order chi connectivity index (χ0) is 13.8. The van der Waals surface area contributed by atoms with E-state index in [1.165, 1.54) is 25.0 Å². The maximum absolute atomic E-state index is 6.41. The fourth-order valence-corrected chi connectivity index (χ4v) is 4.42. The highest BCUT2D eigenvalue weighted by Crippen LogP contribution is 2.30. The van der Waals surface area contributed by atoms with Crippen molar-refractivity contribution < 1.29 is 0 Å². The number of halogens is 1. The van der Waals surface area contributed by atoms with Gasteiger partial charge in [0.25, 0.3) is 0 Å². The lowest BCUT2D eigenvalue weighted by Crippen LogP contribution is -2.45. The Hall–Kier alpha value is -0.230. The highest BCUT2D eigenvalue weighted by molar-refractivity contribution is 8.00. The molecular weight excluding hydrogens is 280 g/mol. The van der Waals surface area contributed by atoms with E-state index in [1.807, 2.05) is 23.5 Å². The molecule has 0 radical (unpaired) electrons. The number of hydrogen-bond donors (Lipinski definition) is 2. The van der Waals surface area contributed by atoms with Crippen LogP contribution >= 0.6 is 23.4 Å². The maximum Gasteiger partial charge on any atom is 0.0850 e. The van der Waals surface area contributed by atoms with Gasteiger partial charge in [0.05, 0.1) is 16.4 Å². The van der Waals surface area contributed by atoms with Crippen LogP contribution in [-0.2, 0) is 19.9 Å². The van der Waals surface area contributed by atoms with Crippen molar-refractivity contribution in [3.8, 4) is 0 Å². The van der Waals surface area contributed by atoms with Crippen molar-refractivity contribution in [1.29, 1.82) is 0 Å². The molecule has 6 heteroatoms. The third kappa shape index (κ3) is 3.45. The number of nitrogens with one attached hydrogen (secondary N) is 1. The minimum absolute atomic E-state index is 0.267. The number of rotatable bonds is 5. The average molecular weight is 303 g/mol. The van der Waals surface area contributed by atoms with Crippen LogP contribution in [0.1, 0.15) is 37.6 Å². The number of hydrazine groups is 1. The maximum atomic E-state index is 6.41. The van der Waals surface area contributed by atoms with Crippen molar-refractivity contribution in [2.75, 3.05) is 5.75 Å². The summed E-state index contributed by atoms with van der Waals surface area (Å²) in [5.74, 6) is 6.99. The lowest BCUT2D eigenvalue weighted by molar-refractivity contribution is 0.461. The molecule has 1 aliphatic heterocycles. The molecule has 3 N–H and O–H groups in total. The largest absolute Gasteiger partial charge is 0.271 e. The first-order chi connectivity index (χ1) is 9.17. The Morgan fingerprint density at radius 3 is 2.89 bits per heavy atom. The minimum Gasteiger partial charge on any atom is -0.271 e. The van der Waals surface area contributed by atoms with Crippen molar-refractivity contribution >= 4 is 23.4 Å². The summed E-state index contributed by atoms with van der Waals surface area (Å²) >= 11 is 8.44. The highest BCUT2D eigenvalue weighted by atomic mass is 35.5. The standard InChI is InChI=1S/C13H23ClN4S/c1-3-9-13(14)11(18(2)17-9)8-10(16-15)12-6-4-5-7-19-12/h10,12,16H,3-8,15H2,1-2H3. The van der Waals surface area contributed by atoms with E-state index in [1.54, 1.807) is 0 Å². The van der Waals surface area contributed by atoms with Crippen LogP contribution in [0.5, 0.6) is 0 Å². The Kier molecular flexibility index (Phi) is 5.57. The molecule has 0 spiro atoms. The first-order valence-corrected chi connectivity index (χ1v) is 8.38. The van der Waals surface area contributed by atoms with E-state index in [2.05, 4.69) is 17.4 Å². The Bertz CT molecular complexity index is 415. The van der Waals surface area contributed by atoms with E-state index in [4.69, 9.17) is 17.4 Å². The summed E-state index contributed by atoms with van der Waals surface area (Å²) in [6.07, 6.45) is 5.57. The number of nitrogens with two attached hydrogens (primary N) is 1.